The van der Waals surface area contributed by atoms with Gasteiger partial charge in [0.05, 0.1) is 5.56 Å². The molecular formula is C15H16O3. The molecule has 0 unspecified atom stereocenters. The van der Waals surface area contributed by atoms with Crippen LogP contribution in [0.25, 0.3) is 11.1 Å². The quantitative estimate of drug-likeness (QED) is 0.532. The number of hydrogen-bond acceptors (Lipinski definition) is 3. The lowest BCUT2D eigenvalue weighted by Gasteiger charge is -2.12. The molecule has 3 nitrogen and oxygen atoms in total. The van der Waals surface area contributed by atoms with Crippen LogP contribution in [-0.4, -0.2) is 15.3 Å². The molecule has 0 aliphatic rings. The molecule has 0 fully saturated rings. The first-order chi connectivity index (χ1) is 8.41. The van der Waals surface area contributed by atoms with Crippen molar-refractivity contribution < 1.29 is 15.3 Å². The molecule has 2 aromatic rings. The van der Waals surface area contributed by atoms with Gasteiger partial charge in [0.1, 0.15) is 5.75 Å². The number of rotatable bonds is 1. The van der Waals surface area contributed by atoms with Crippen LogP contribution in [0.4, 0.5) is 0 Å². The first-order valence-corrected chi connectivity index (χ1v) is 5.74. The van der Waals surface area contributed by atoms with Gasteiger partial charge >= 0.3 is 0 Å². The Bertz CT molecular complexity index is 616. The lowest BCUT2D eigenvalue weighted by Crippen LogP contribution is -1.87. The van der Waals surface area contributed by atoms with E-state index in [1.54, 1.807) is 6.92 Å². The van der Waals surface area contributed by atoms with Crippen molar-refractivity contribution >= 4 is 0 Å². The van der Waals surface area contributed by atoms with Gasteiger partial charge in [-0.1, -0.05) is 18.2 Å². The Hall–Kier alpha value is -2.16. The van der Waals surface area contributed by atoms with E-state index >= 15 is 0 Å². The molecule has 3 heteroatoms. The zero-order valence-electron chi connectivity index (χ0n) is 10.7. The smallest absolute Gasteiger partial charge is 0.169 e. The standard InChI is InChI=1S/C15H16O3/c1-8-4-5-11(6-9(8)2)13-12(16)7-10(3)14(17)15(13)18/h4-7,16-18H,1-3H3. The zero-order valence-corrected chi connectivity index (χ0v) is 10.7. The fourth-order valence-corrected chi connectivity index (χ4v) is 1.95. The van der Waals surface area contributed by atoms with Crippen molar-refractivity contribution in [1.82, 2.24) is 0 Å². The molecule has 0 saturated heterocycles. The molecule has 0 atom stereocenters. The second-order valence-corrected chi connectivity index (χ2v) is 4.58. The molecule has 0 heterocycles. The van der Waals surface area contributed by atoms with E-state index in [0.29, 0.717) is 11.1 Å². The summed E-state index contributed by atoms with van der Waals surface area (Å²) in [6, 6.07) is 7.05. The SMILES string of the molecule is Cc1ccc(-c2c(O)cc(C)c(O)c2O)cc1C. The third kappa shape index (κ3) is 1.88. The number of hydrogen-bond donors (Lipinski definition) is 3. The average molecular weight is 244 g/mol. The van der Waals surface area contributed by atoms with Crippen molar-refractivity contribution in [2.45, 2.75) is 20.8 Å². The van der Waals surface area contributed by atoms with Gasteiger partial charge in [0.25, 0.3) is 0 Å². The van der Waals surface area contributed by atoms with Gasteiger partial charge in [-0.3, -0.25) is 0 Å². The van der Waals surface area contributed by atoms with Crippen LogP contribution in [-0.2, 0) is 0 Å². The highest BCUT2D eigenvalue weighted by Crippen LogP contribution is 2.44. The van der Waals surface area contributed by atoms with E-state index in [-0.39, 0.29) is 22.8 Å². The van der Waals surface area contributed by atoms with E-state index in [1.165, 1.54) is 6.07 Å². The minimum absolute atomic E-state index is 0.0361. The Morgan fingerprint density at radius 1 is 0.722 bits per heavy atom. The summed E-state index contributed by atoms with van der Waals surface area (Å²) >= 11 is 0. The topological polar surface area (TPSA) is 60.7 Å². The predicted molar refractivity (Wildman–Crippen MR) is 71.1 cm³/mol. The first-order valence-electron chi connectivity index (χ1n) is 5.74. The maximum absolute atomic E-state index is 9.96. The van der Waals surface area contributed by atoms with E-state index in [9.17, 15) is 15.3 Å². The summed E-state index contributed by atoms with van der Waals surface area (Å²) in [5.74, 6) is -0.511. The van der Waals surface area contributed by atoms with Crippen molar-refractivity contribution in [3.05, 3.63) is 41.0 Å². The van der Waals surface area contributed by atoms with Crippen LogP contribution < -0.4 is 0 Å². The fraction of sp³-hybridized carbons (Fsp3) is 0.200. The summed E-state index contributed by atoms with van der Waals surface area (Å²) in [6.45, 7) is 5.57. The zero-order chi connectivity index (χ0) is 13.4. The number of phenolic OH excluding ortho intramolecular Hbond substituents is 3. The molecule has 2 rings (SSSR count). The summed E-state index contributed by atoms with van der Waals surface area (Å²) in [5.41, 5.74) is 3.59. The normalized spacial score (nSPS) is 10.6. The van der Waals surface area contributed by atoms with Crippen molar-refractivity contribution in [3.63, 3.8) is 0 Å². The van der Waals surface area contributed by atoms with Gasteiger partial charge in [-0.25, -0.2) is 0 Å². The molecule has 0 spiro atoms. The third-order valence-corrected chi connectivity index (χ3v) is 3.24. The molecule has 0 saturated carbocycles. The van der Waals surface area contributed by atoms with Gasteiger partial charge in [0.15, 0.2) is 11.5 Å². The van der Waals surface area contributed by atoms with Crippen LogP contribution >= 0.6 is 0 Å². The molecule has 94 valence electrons. The van der Waals surface area contributed by atoms with E-state index in [0.717, 1.165) is 11.1 Å². The first kappa shape index (κ1) is 12.3. The van der Waals surface area contributed by atoms with Crippen LogP contribution in [0.15, 0.2) is 24.3 Å². The highest BCUT2D eigenvalue weighted by molar-refractivity contribution is 5.80. The monoisotopic (exact) mass is 244 g/mol. The van der Waals surface area contributed by atoms with Crippen LogP contribution in [0.5, 0.6) is 17.2 Å². The van der Waals surface area contributed by atoms with Gasteiger partial charge in [-0.2, -0.15) is 0 Å². The Morgan fingerprint density at radius 2 is 1.39 bits per heavy atom. The van der Waals surface area contributed by atoms with Crippen molar-refractivity contribution in [1.29, 1.82) is 0 Å². The lowest BCUT2D eigenvalue weighted by atomic mass is 9.97. The van der Waals surface area contributed by atoms with Crippen molar-refractivity contribution in [2.75, 3.05) is 0 Å². The molecule has 2 aromatic carbocycles. The van der Waals surface area contributed by atoms with E-state index in [2.05, 4.69) is 0 Å². The van der Waals surface area contributed by atoms with Gasteiger partial charge in [-0.15, -0.1) is 0 Å². The van der Waals surface area contributed by atoms with Crippen LogP contribution in [0.3, 0.4) is 0 Å². The lowest BCUT2D eigenvalue weighted by molar-refractivity contribution is 0.396. The number of phenols is 3. The Balaban J connectivity index is 2.71. The average Bonchev–Trinajstić information content (AvgIpc) is 2.31. The molecule has 0 aliphatic carbocycles. The highest BCUT2D eigenvalue weighted by atomic mass is 16.3. The number of aryl methyl sites for hydroxylation is 3. The molecule has 0 aromatic heterocycles. The maximum atomic E-state index is 9.96. The highest BCUT2D eigenvalue weighted by Gasteiger charge is 2.16. The number of benzene rings is 2. The molecule has 0 amide bonds. The summed E-state index contributed by atoms with van der Waals surface area (Å²) in [4.78, 5) is 0. The van der Waals surface area contributed by atoms with E-state index < -0.39 is 0 Å². The molecule has 3 N–H and O–H groups in total. The summed E-state index contributed by atoms with van der Waals surface area (Å²) in [6.07, 6.45) is 0. The Kier molecular flexibility index (Phi) is 2.91. The fourth-order valence-electron chi connectivity index (χ4n) is 1.95. The van der Waals surface area contributed by atoms with E-state index in [4.69, 9.17) is 0 Å². The van der Waals surface area contributed by atoms with E-state index in [1.807, 2.05) is 32.0 Å². The molecule has 0 aliphatic heterocycles. The summed E-state index contributed by atoms with van der Waals surface area (Å²) < 4.78 is 0. The summed E-state index contributed by atoms with van der Waals surface area (Å²) in [5, 5.41) is 29.6. The second kappa shape index (κ2) is 4.26. The Labute approximate surface area is 106 Å². The van der Waals surface area contributed by atoms with Crippen molar-refractivity contribution in [2.24, 2.45) is 0 Å². The van der Waals surface area contributed by atoms with Gasteiger partial charge in [-0.05, 0) is 49.1 Å². The van der Waals surface area contributed by atoms with Gasteiger partial charge in [0.2, 0.25) is 0 Å². The molecule has 18 heavy (non-hydrogen) atoms. The number of aromatic hydroxyl groups is 3. The second-order valence-electron chi connectivity index (χ2n) is 4.58. The van der Waals surface area contributed by atoms with Crippen molar-refractivity contribution in [3.8, 4) is 28.4 Å². The summed E-state index contributed by atoms with van der Waals surface area (Å²) in [7, 11) is 0. The van der Waals surface area contributed by atoms with Crippen LogP contribution in [0.1, 0.15) is 16.7 Å². The largest absolute Gasteiger partial charge is 0.507 e. The van der Waals surface area contributed by atoms with Crippen LogP contribution in [0.2, 0.25) is 0 Å². The molecule has 0 bridgehead atoms. The molecular weight excluding hydrogens is 228 g/mol. The maximum Gasteiger partial charge on any atom is 0.169 e. The van der Waals surface area contributed by atoms with Crippen LogP contribution in [0, 0.1) is 20.8 Å². The minimum Gasteiger partial charge on any atom is -0.507 e. The predicted octanol–water partition coefficient (Wildman–Crippen LogP) is 3.40. The molecule has 0 radical (unpaired) electrons. The van der Waals surface area contributed by atoms with Gasteiger partial charge in [0, 0.05) is 0 Å². The third-order valence-electron chi connectivity index (χ3n) is 3.24. The minimum atomic E-state index is -0.282. The Morgan fingerprint density at radius 3 is 2.00 bits per heavy atom. The van der Waals surface area contributed by atoms with Gasteiger partial charge < -0.3 is 15.3 Å².